The van der Waals surface area contributed by atoms with Gasteiger partial charge < -0.3 is 0 Å². The van der Waals surface area contributed by atoms with Crippen LogP contribution in [-0.4, -0.2) is 33.8 Å². The Morgan fingerprint density at radius 3 is 2.40 bits per heavy atom. The van der Waals surface area contributed by atoms with Crippen LogP contribution in [0.25, 0.3) is 17.0 Å². The van der Waals surface area contributed by atoms with Gasteiger partial charge in [-0.25, -0.2) is 4.79 Å². The lowest BCUT2D eigenvalue weighted by molar-refractivity contribution is -0.598. The summed E-state index contributed by atoms with van der Waals surface area (Å²) in [4.78, 5) is 17.8. The maximum atomic E-state index is 15.3. The average Bonchev–Trinajstić information content (AvgIpc) is 3.65. The van der Waals surface area contributed by atoms with Crippen molar-refractivity contribution in [2.45, 2.75) is 129 Å². The number of unbranched alkanes of at least 4 members (excludes halogenated alkanes) is 1. The van der Waals surface area contributed by atoms with Crippen LogP contribution in [0.5, 0.6) is 0 Å². The van der Waals surface area contributed by atoms with E-state index in [1.54, 1.807) is 0 Å². The molecule has 4 aliphatic carbocycles. The molecule has 4 aliphatic heterocycles. The van der Waals surface area contributed by atoms with E-state index in [-0.39, 0.29) is 11.3 Å². The van der Waals surface area contributed by atoms with Gasteiger partial charge in [-0.05, 0) is 112 Å². The number of hydrogen-bond donors (Lipinski definition) is 0. The first-order valence-corrected chi connectivity index (χ1v) is 20.5. The van der Waals surface area contributed by atoms with Gasteiger partial charge in [0.15, 0.2) is 11.9 Å². The van der Waals surface area contributed by atoms with Crippen molar-refractivity contribution in [1.82, 2.24) is 4.90 Å². The lowest BCUT2D eigenvalue weighted by Gasteiger charge is -2.45. The summed E-state index contributed by atoms with van der Waals surface area (Å²) in [5.74, 6) is 7.41. The molecule has 0 radical (unpaired) electrons. The van der Waals surface area contributed by atoms with E-state index in [1.165, 1.54) is 117 Å². The number of benzene rings is 1. The second kappa shape index (κ2) is 11.1. The standard InChI is InChI=1S/C44H57N3O/c1-4-7-14-27-21-24-37-31-17-10-12-19-35(31)44(5-2,6-3)41(45(37)25-27)40-33-23-22-30-28-15-8-9-16-29(28)34-26-46-36-20-13-11-18-32(36)43(48)47(40)42(46)39(33)38(30)34/h10,12,17,19,21,24-25,28-30,32-34,36,38-39H,4-9,11,13-16,18,20,22-23,26H2,1-3H3/q+2. The van der Waals surface area contributed by atoms with Gasteiger partial charge in [0.1, 0.15) is 12.0 Å². The fourth-order valence-corrected chi connectivity index (χ4v) is 13.9. The van der Waals surface area contributed by atoms with Crippen LogP contribution < -0.4 is 4.57 Å². The van der Waals surface area contributed by atoms with Crippen molar-refractivity contribution in [3.63, 3.8) is 0 Å². The van der Waals surface area contributed by atoms with E-state index in [0.29, 0.717) is 23.8 Å². The van der Waals surface area contributed by atoms with Gasteiger partial charge in [-0.3, -0.25) is 4.58 Å². The first-order chi connectivity index (χ1) is 23.6. The van der Waals surface area contributed by atoms with Crippen LogP contribution in [0.1, 0.15) is 122 Å². The Bertz CT molecular complexity index is 1730. The SMILES string of the molecule is CCCCc1ccc2[n+](c1)C(=C1C3CCC4C5CCCCC5C5C[N+]6=C(C3C45)N1C(=O)C1CCCCC16)C(CC)(CC)c1ccccc1-2. The van der Waals surface area contributed by atoms with Gasteiger partial charge in [0, 0.05) is 23.5 Å². The summed E-state index contributed by atoms with van der Waals surface area (Å²) >= 11 is 0. The van der Waals surface area contributed by atoms with Crippen molar-refractivity contribution in [1.29, 1.82) is 0 Å². The van der Waals surface area contributed by atoms with Crippen molar-refractivity contribution < 1.29 is 13.9 Å². The average molecular weight is 644 g/mol. The Balaban J connectivity index is 1.27. The summed E-state index contributed by atoms with van der Waals surface area (Å²) in [5.41, 5.74) is 8.41. The first-order valence-electron chi connectivity index (χ1n) is 20.5. The smallest absolute Gasteiger partial charge is 0.261 e. The van der Waals surface area contributed by atoms with Crippen LogP contribution in [0.3, 0.4) is 0 Å². The number of carbonyl (C=O) groups is 1. The number of allylic oxidation sites excluding steroid dienone is 2. The molecule has 4 saturated carbocycles. The predicted molar refractivity (Wildman–Crippen MR) is 191 cm³/mol. The normalized spacial score (nSPS) is 38.3. The Morgan fingerprint density at radius 1 is 0.812 bits per heavy atom. The van der Waals surface area contributed by atoms with E-state index >= 15 is 4.79 Å². The third-order valence-corrected chi connectivity index (χ3v) is 15.8. The zero-order valence-corrected chi connectivity index (χ0v) is 29.8. The Labute approximate surface area is 288 Å². The fraction of sp³-hybridized carbons (Fsp3) is 0.659. The van der Waals surface area contributed by atoms with Gasteiger partial charge in [-0.2, -0.15) is 9.47 Å². The summed E-state index contributed by atoms with van der Waals surface area (Å²) in [6, 6.07) is 14.6. The van der Waals surface area contributed by atoms with Crippen LogP contribution in [0, 0.1) is 47.3 Å². The van der Waals surface area contributed by atoms with Crippen LogP contribution in [0.2, 0.25) is 0 Å². The van der Waals surface area contributed by atoms with Crippen molar-refractivity contribution in [2.75, 3.05) is 6.54 Å². The van der Waals surface area contributed by atoms with E-state index in [1.807, 2.05) is 0 Å². The number of pyridine rings is 1. The molecule has 5 fully saturated rings. The molecule has 1 aromatic carbocycles. The van der Waals surface area contributed by atoms with Gasteiger partial charge in [0.2, 0.25) is 11.4 Å². The van der Waals surface area contributed by atoms with Crippen molar-refractivity contribution in [3.8, 4) is 11.3 Å². The quantitative estimate of drug-likeness (QED) is 0.300. The maximum Gasteiger partial charge on any atom is 0.321 e. The van der Waals surface area contributed by atoms with Crippen LogP contribution in [0.4, 0.5) is 0 Å². The van der Waals surface area contributed by atoms with Gasteiger partial charge >= 0.3 is 5.91 Å². The molecule has 8 aliphatic rings. The van der Waals surface area contributed by atoms with Gasteiger partial charge in [0.25, 0.3) is 5.84 Å². The number of aryl methyl sites for hydroxylation is 1. The Kier molecular flexibility index (Phi) is 6.98. The molecule has 0 spiro atoms. The minimum atomic E-state index is -0.129. The van der Waals surface area contributed by atoms with Crippen molar-refractivity contribution in [2.24, 2.45) is 47.3 Å². The number of nitrogens with zero attached hydrogens (tertiary/aromatic N) is 3. The minimum Gasteiger partial charge on any atom is -0.261 e. The molecule has 4 nitrogen and oxygen atoms in total. The zero-order chi connectivity index (χ0) is 32.3. The third-order valence-electron chi connectivity index (χ3n) is 15.8. The molecule has 252 valence electrons. The Morgan fingerprint density at radius 2 is 1.58 bits per heavy atom. The highest BCUT2D eigenvalue weighted by atomic mass is 16.2. The second-order valence-corrected chi connectivity index (χ2v) is 17.3. The molecule has 9 unspecified atom stereocenters. The molecule has 2 aromatic rings. The number of fused-ring (bicyclic) bond motifs is 8. The van der Waals surface area contributed by atoms with Crippen molar-refractivity contribution >= 4 is 17.4 Å². The Hall–Kier alpha value is -2.75. The van der Waals surface area contributed by atoms with E-state index in [0.717, 1.165) is 55.3 Å². The zero-order valence-electron chi connectivity index (χ0n) is 29.8. The van der Waals surface area contributed by atoms with Gasteiger partial charge in [-0.15, -0.1) is 0 Å². The van der Waals surface area contributed by atoms with E-state index in [4.69, 9.17) is 0 Å². The second-order valence-electron chi connectivity index (χ2n) is 17.3. The number of amides is 1. The van der Waals surface area contributed by atoms with Crippen LogP contribution in [-0.2, 0) is 16.6 Å². The maximum absolute atomic E-state index is 15.3. The summed E-state index contributed by atoms with van der Waals surface area (Å²) < 4.78 is 5.60. The summed E-state index contributed by atoms with van der Waals surface area (Å²) in [6.07, 6.45) is 21.4. The molecule has 4 heteroatoms. The topological polar surface area (TPSA) is 27.2 Å². The van der Waals surface area contributed by atoms with E-state index < -0.39 is 0 Å². The van der Waals surface area contributed by atoms with Crippen molar-refractivity contribution in [3.05, 3.63) is 59.4 Å². The molecule has 9 atom stereocenters. The molecule has 0 N–H and O–H groups in total. The largest absolute Gasteiger partial charge is 0.321 e. The van der Waals surface area contributed by atoms with Gasteiger partial charge in [0.05, 0.1) is 23.4 Å². The number of carbonyl (C=O) groups excluding carboxylic acids is 1. The van der Waals surface area contributed by atoms with Crippen LogP contribution in [0.15, 0.2) is 48.3 Å². The first kappa shape index (κ1) is 30.1. The minimum absolute atomic E-state index is 0.129. The third kappa shape index (κ3) is 3.82. The molecule has 1 aromatic heterocycles. The molecular formula is C44H57N3O+2. The lowest BCUT2D eigenvalue weighted by atomic mass is 9.61. The molecule has 5 heterocycles. The number of hydrogen-bond acceptors (Lipinski definition) is 1. The molecular weight excluding hydrogens is 587 g/mol. The number of rotatable bonds is 5. The lowest BCUT2D eigenvalue weighted by Crippen LogP contribution is -2.61. The molecule has 10 rings (SSSR count). The monoisotopic (exact) mass is 643 g/mol. The molecule has 1 saturated heterocycles. The van der Waals surface area contributed by atoms with E-state index in [2.05, 4.69) is 77.4 Å². The summed E-state index contributed by atoms with van der Waals surface area (Å²) in [6.45, 7) is 8.40. The van der Waals surface area contributed by atoms with Gasteiger partial charge in [-0.1, -0.05) is 64.7 Å². The fourth-order valence-electron chi connectivity index (χ4n) is 13.9. The molecule has 48 heavy (non-hydrogen) atoms. The number of aromatic nitrogens is 1. The molecule has 1 amide bonds. The van der Waals surface area contributed by atoms with Crippen LogP contribution >= 0.6 is 0 Å². The predicted octanol–water partition coefficient (Wildman–Crippen LogP) is 8.76. The highest BCUT2D eigenvalue weighted by Crippen LogP contribution is 2.66. The van der Waals surface area contributed by atoms with E-state index in [9.17, 15) is 0 Å². The highest BCUT2D eigenvalue weighted by molar-refractivity contribution is 6.05. The summed E-state index contributed by atoms with van der Waals surface area (Å²) in [5, 5.41) is 0. The number of amidine groups is 1. The highest BCUT2D eigenvalue weighted by Gasteiger charge is 2.72. The summed E-state index contributed by atoms with van der Waals surface area (Å²) in [7, 11) is 0. The molecule has 0 bridgehead atoms.